The third kappa shape index (κ3) is 2.93. The number of hydrogen-bond acceptors (Lipinski definition) is 3. The van der Waals surface area contributed by atoms with Crippen LogP contribution in [0.25, 0.3) is 10.9 Å². The SMILES string of the molecule is CC(C)NCc1cc(OC2CCC2)c2ccccc2n1. The molecule has 0 unspecified atom stereocenters. The molecule has 0 saturated heterocycles. The first kappa shape index (κ1) is 13.4. The number of para-hydroxylation sites is 1. The zero-order valence-corrected chi connectivity index (χ0v) is 12.2. The minimum absolute atomic E-state index is 0.395. The van der Waals surface area contributed by atoms with Crippen LogP contribution in [0.2, 0.25) is 0 Å². The summed E-state index contributed by atoms with van der Waals surface area (Å²) in [5, 5.41) is 4.54. The Hall–Kier alpha value is -1.61. The minimum Gasteiger partial charge on any atom is -0.490 e. The van der Waals surface area contributed by atoms with Gasteiger partial charge in [-0.05, 0) is 31.4 Å². The molecule has 2 aromatic rings. The van der Waals surface area contributed by atoms with Gasteiger partial charge in [-0.15, -0.1) is 0 Å². The van der Waals surface area contributed by atoms with E-state index in [9.17, 15) is 0 Å². The molecule has 3 rings (SSSR count). The molecule has 0 bridgehead atoms. The summed E-state index contributed by atoms with van der Waals surface area (Å²) in [6.07, 6.45) is 4.04. The lowest BCUT2D eigenvalue weighted by molar-refractivity contribution is 0.122. The van der Waals surface area contributed by atoms with Crippen LogP contribution >= 0.6 is 0 Å². The summed E-state index contributed by atoms with van der Waals surface area (Å²) >= 11 is 0. The number of nitrogens with one attached hydrogen (secondary N) is 1. The zero-order valence-electron chi connectivity index (χ0n) is 12.2. The Morgan fingerprint density at radius 1 is 1.30 bits per heavy atom. The lowest BCUT2D eigenvalue weighted by atomic mass is 9.96. The number of fused-ring (bicyclic) bond motifs is 1. The van der Waals surface area contributed by atoms with E-state index in [2.05, 4.69) is 37.4 Å². The van der Waals surface area contributed by atoms with E-state index in [-0.39, 0.29) is 0 Å². The van der Waals surface area contributed by atoms with E-state index in [0.29, 0.717) is 12.1 Å². The molecule has 1 aliphatic rings. The zero-order chi connectivity index (χ0) is 13.9. The van der Waals surface area contributed by atoms with Crippen LogP contribution in [0.3, 0.4) is 0 Å². The normalized spacial score (nSPS) is 15.6. The van der Waals surface area contributed by atoms with E-state index in [4.69, 9.17) is 9.72 Å². The molecule has 1 N–H and O–H groups in total. The van der Waals surface area contributed by atoms with Gasteiger partial charge in [0.2, 0.25) is 0 Å². The van der Waals surface area contributed by atoms with E-state index < -0.39 is 0 Å². The number of aromatic nitrogens is 1. The van der Waals surface area contributed by atoms with Gasteiger partial charge in [-0.3, -0.25) is 4.98 Å². The van der Waals surface area contributed by atoms with Crippen LogP contribution in [0, 0.1) is 0 Å². The topological polar surface area (TPSA) is 34.1 Å². The van der Waals surface area contributed by atoms with Crippen molar-refractivity contribution in [2.24, 2.45) is 0 Å². The van der Waals surface area contributed by atoms with Crippen molar-refractivity contribution in [3.05, 3.63) is 36.0 Å². The van der Waals surface area contributed by atoms with Crippen LogP contribution in [0.1, 0.15) is 38.8 Å². The molecule has 1 saturated carbocycles. The summed E-state index contributed by atoms with van der Waals surface area (Å²) in [6, 6.07) is 10.8. The molecule has 1 aromatic carbocycles. The third-order valence-corrected chi connectivity index (χ3v) is 3.77. The summed E-state index contributed by atoms with van der Waals surface area (Å²) in [5.74, 6) is 0.987. The Morgan fingerprint density at radius 2 is 2.10 bits per heavy atom. The van der Waals surface area contributed by atoms with Gasteiger partial charge in [0.05, 0.1) is 17.3 Å². The van der Waals surface area contributed by atoms with E-state index in [0.717, 1.165) is 28.9 Å². The fraction of sp³-hybridized carbons (Fsp3) is 0.471. The second-order valence-electron chi connectivity index (χ2n) is 5.84. The Bertz CT molecular complexity index is 591. The van der Waals surface area contributed by atoms with Gasteiger partial charge in [0.1, 0.15) is 5.75 Å². The molecular formula is C17H22N2O. The van der Waals surface area contributed by atoms with Gasteiger partial charge >= 0.3 is 0 Å². The fourth-order valence-corrected chi connectivity index (χ4v) is 2.36. The van der Waals surface area contributed by atoms with Gasteiger partial charge in [-0.1, -0.05) is 26.0 Å². The Morgan fingerprint density at radius 3 is 2.80 bits per heavy atom. The number of rotatable bonds is 5. The van der Waals surface area contributed by atoms with Crippen LogP contribution in [-0.2, 0) is 6.54 Å². The quantitative estimate of drug-likeness (QED) is 0.900. The largest absolute Gasteiger partial charge is 0.490 e. The number of pyridine rings is 1. The van der Waals surface area contributed by atoms with Crippen LogP contribution in [0.4, 0.5) is 0 Å². The summed E-state index contributed by atoms with van der Waals surface area (Å²) in [4.78, 5) is 4.72. The van der Waals surface area contributed by atoms with Crippen LogP contribution in [0.15, 0.2) is 30.3 Å². The molecular weight excluding hydrogens is 248 g/mol. The van der Waals surface area contributed by atoms with Gasteiger partial charge in [0, 0.05) is 24.0 Å². The van der Waals surface area contributed by atoms with Crippen molar-refractivity contribution in [2.45, 2.75) is 51.8 Å². The summed E-state index contributed by atoms with van der Waals surface area (Å²) < 4.78 is 6.14. The van der Waals surface area contributed by atoms with Gasteiger partial charge in [0.25, 0.3) is 0 Å². The molecule has 0 spiro atoms. The van der Waals surface area contributed by atoms with E-state index in [1.165, 1.54) is 19.3 Å². The fourth-order valence-electron chi connectivity index (χ4n) is 2.36. The Kier molecular flexibility index (Phi) is 3.88. The van der Waals surface area contributed by atoms with Crippen LogP contribution in [0.5, 0.6) is 5.75 Å². The first-order valence-corrected chi connectivity index (χ1v) is 7.51. The van der Waals surface area contributed by atoms with Gasteiger partial charge in [-0.2, -0.15) is 0 Å². The number of hydrogen-bond donors (Lipinski definition) is 1. The molecule has 1 fully saturated rings. The second kappa shape index (κ2) is 5.80. The smallest absolute Gasteiger partial charge is 0.130 e. The van der Waals surface area contributed by atoms with E-state index >= 15 is 0 Å². The first-order chi connectivity index (χ1) is 9.72. The van der Waals surface area contributed by atoms with Crippen molar-refractivity contribution in [1.82, 2.24) is 10.3 Å². The summed E-state index contributed by atoms with van der Waals surface area (Å²) in [7, 11) is 0. The number of ether oxygens (including phenoxy) is 1. The molecule has 106 valence electrons. The number of nitrogens with zero attached hydrogens (tertiary/aromatic N) is 1. The predicted molar refractivity (Wildman–Crippen MR) is 82.0 cm³/mol. The van der Waals surface area contributed by atoms with E-state index in [1.54, 1.807) is 0 Å². The monoisotopic (exact) mass is 270 g/mol. The highest BCUT2D eigenvalue weighted by atomic mass is 16.5. The van der Waals surface area contributed by atoms with Crippen molar-refractivity contribution in [1.29, 1.82) is 0 Å². The molecule has 0 radical (unpaired) electrons. The molecule has 1 aromatic heterocycles. The average Bonchev–Trinajstić information content (AvgIpc) is 2.40. The average molecular weight is 270 g/mol. The van der Waals surface area contributed by atoms with Crippen molar-refractivity contribution >= 4 is 10.9 Å². The molecule has 1 aliphatic carbocycles. The Balaban J connectivity index is 1.91. The molecule has 0 atom stereocenters. The number of benzene rings is 1. The standard InChI is InChI=1S/C17H22N2O/c1-12(2)18-11-13-10-17(20-14-6-5-7-14)15-8-3-4-9-16(15)19-13/h3-4,8-10,12,14,18H,5-7,11H2,1-2H3. The highest BCUT2D eigenvalue weighted by Gasteiger charge is 2.20. The lowest BCUT2D eigenvalue weighted by Gasteiger charge is -2.27. The minimum atomic E-state index is 0.395. The molecule has 20 heavy (non-hydrogen) atoms. The van der Waals surface area contributed by atoms with Crippen molar-refractivity contribution in [2.75, 3.05) is 0 Å². The lowest BCUT2D eigenvalue weighted by Crippen LogP contribution is -2.25. The van der Waals surface area contributed by atoms with Gasteiger partial charge in [-0.25, -0.2) is 0 Å². The van der Waals surface area contributed by atoms with E-state index in [1.807, 2.05) is 12.1 Å². The second-order valence-corrected chi connectivity index (χ2v) is 5.84. The highest BCUT2D eigenvalue weighted by Crippen LogP contribution is 2.31. The summed E-state index contributed by atoms with van der Waals surface area (Å²) in [5.41, 5.74) is 2.07. The predicted octanol–water partition coefficient (Wildman–Crippen LogP) is 3.66. The van der Waals surface area contributed by atoms with Gasteiger partial charge < -0.3 is 10.1 Å². The molecule has 0 aliphatic heterocycles. The van der Waals surface area contributed by atoms with Gasteiger partial charge in [0.15, 0.2) is 0 Å². The highest BCUT2D eigenvalue weighted by molar-refractivity contribution is 5.85. The summed E-state index contributed by atoms with van der Waals surface area (Å²) in [6.45, 7) is 5.07. The van der Waals surface area contributed by atoms with Crippen LogP contribution < -0.4 is 10.1 Å². The third-order valence-electron chi connectivity index (χ3n) is 3.77. The van der Waals surface area contributed by atoms with Crippen molar-refractivity contribution < 1.29 is 4.74 Å². The first-order valence-electron chi connectivity index (χ1n) is 7.51. The van der Waals surface area contributed by atoms with Crippen LogP contribution in [-0.4, -0.2) is 17.1 Å². The maximum Gasteiger partial charge on any atom is 0.130 e. The maximum atomic E-state index is 6.14. The Labute approximate surface area is 120 Å². The maximum absolute atomic E-state index is 6.14. The van der Waals surface area contributed by atoms with Crippen molar-refractivity contribution in [3.63, 3.8) is 0 Å². The van der Waals surface area contributed by atoms with Crippen molar-refractivity contribution in [3.8, 4) is 5.75 Å². The molecule has 0 amide bonds. The molecule has 1 heterocycles. The molecule has 3 nitrogen and oxygen atoms in total. The molecule has 3 heteroatoms.